The summed E-state index contributed by atoms with van der Waals surface area (Å²) in [6.45, 7) is 3.87. The van der Waals surface area contributed by atoms with Crippen LogP contribution < -0.4 is 10.1 Å². The van der Waals surface area contributed by atoms with Crippen molar-refractivity contribution in [3.63, 3.8) is 0 Å². The Morgan fingerprint density at radius 3 is 2.59 bits per heavy atom. The van der Waals surface area contributed by atoms with Gasteiger partial charge in [-0.2, -0.15) is 5.10 Å². The minimum atomic E-state index is -0.283. The fraction of sp³-hybridized carbons (Fsp3) is 0.300. The molecule has 252 valence electrons. The number of cyclic esters (lactones) is 1. The van der Waals surface area contributed by atoms with Gasteiger partial charge in [0, 0.05) is 47.4 Å². The molecule has 49 heavy (non-hydrogen) atoms. The molecule has 1 aliphatic heterocycles. The van der Waals surface area contributed by atoms with E-state index < -0.39 is 0 Å². The summed E-state index contributed by atoms with van der Waals surface area (Å²) in [6, 6.07) is 31.0. The van der Waals surface area contributed by atoms with E-state index in [2.05, 4.69) is 74.3 Å². The summed E-state index contributed by atoms with van der Waals surface area (Å²) in [4.78, 5) is 13.9. The highest BCUT2D eigenvalue weighted by molar-refractivity contribution is 9.08. The molecular formula is C40H41BrN4O4. The number of para-hydroxylation sites is 1. The predicted molar refractivity (Wildman–Crippen MR) is 197 cm³/mol. The summed E-state index contributed by atoms with van der Waals surface area (Å²) < 4.78 is 22.5. The van der Waals surface area contributed by atoms with E-state index in [9.17, 15) is 4.79 Å². The van der Waals surface area contributed by atoms with Crippen molar-refractivity contribution in [2.24, 2.45) is 7.05 Å². The van der Waals surface area contributed by atoms with Crippen LogP contribution in [0.5, 0.6) is 5.75 Å². The minimum Gasteiger partial charge on any atom is -0.493 e. The van der Waals surface area contributed by atoms with Gasteiger partial charge in [0.15, 0.2) is 0 Å². The molecule has 9 heteroatoms. The number of nitrogens with zero attached hydrogens (tertiary/aromatic N) is 3. The van der Waals surface area contributed by atoms with Crippen LogP contribution in [0.4, 0.5) is 0 Å². The van der Waals surface area contributed by atoms with Gasteiger partial charge in [-0.1, -0.05) is 101 Å². The van der Waals surface area contributed by atoms with E-state index in [-0.39, 0.29) is 5.97 Å². The number of aromatic nitrogens is 3. The first-order chi connectivity index (χ1) is 24.1. The molecule has 1 N–H and O–H groups in total. The molecule has 0 saturated heterocycles. The number of hydrogen-bond acceptors (Lipinski definition) is 6. The van der Waals surface area contributed by atoms with Crippen molar-refractivity contribution in [1.82, 2.24) is 19.7 Å². The number of halogens is 1. The van der Waals surface area contributed by atoms with Crippen LogP contribution in [0, 0.1) is 0 Å². The second-order valence-corrected chi connectivity index (χ2v) is 12.9. The maximum Gasteiger partial charge on any atom is 0.355 e. The average molecular weight is 722 g/mol. The van der Waals surface area contributed by atoms with Crippen LogP contribution in [0.2, 0.25) is 0 Å². The lowest BCUT2D eigenvalue weighted by atomic mass is 9.98. The van der Waals surface area contributed by atoms with Gasteiger partial charge in [0.05, 0.1) is 36.7 Å². The largest absolute Gasteiger partial charge is 0.493 e. The smallest absolute Gasteiger partial charge is 0.355 e. The van der Waals surface area contributed by atoms with Gasteiger partial charge in [-0.15, -0.1) is 0 Å². The van der Waals surface area contributed by atoms with Gasteiger partial charge in [0.1, 0.15) is 18.1 Å². The second-order valence-electron chi connectivity index (χ2n) is 12.4. The highest BCUT2D eigenvalue weighted by Crippen LogP contribution is 2.39. The van der Waals surface area contributed by atoms with E-state index in [0.29, 0.717) is 57.0 Å². The van der Waals surface area contributed by atoms with Gasteiger partial charge in [0.25, 0.3) is 0 Å². The van der Waals surface area contributed by atoms with Crippen LogP contribution in [0.15, 0.2) is 91.0 Å². The van der Waals surface area contributed by atoms with Gasteiger partial charge >= 0.3 is 5.97 Å². The fourth-order valence-electron chi connectivity index (χ4n) is 6.94. The van der Waals surface area contributed by atoms with Crippen molar-refractivity contribution >= 4 is 43.6 Å². The first kappa shape index (κ1) is 33.1. The van der Waals surface area contributed by atoms with Crippen molar-refractivity contribution in [1.29, 1.82) is 0 Å². The first-order valence-electron chi connectivity index (χ1n) is 17.0. The van der Waals surface area contributed by atoms with Crippen molar-refractivity contribution in [3.05, 3.63) is 119 Å². The van der Waals surface area contributed by atoms with Gasteiger partial charge in [-0.05, 0) is 48.4 Å². The zero-order valence-corrected chi connectivity index (χ0v) is 29.4. The molecule has 1 aliphatic rings. The quantitative estimate of drug-likeness (QED) is 0.0831. The molecule has 0 bridgehead atoms. The van der Waals surface area contributed by atoms with Crippen molar-refractivity contribution < 1.29 is 19.0 Å². The van der Waals surface area contributed by atoms with E-state index in [1.807, 2.05) is 54.2 Å². The SMILES string of the molecule is Cn1nc(COCc2ccccc2)c(-c2cccc3c(CCCOc4cccc5ccccc45)c4n(c23)CCCNCCOC4=O)c1CBr. The number of nitrogens with one attached hydrogen (secondary N) is 1. The lowest BCUT2D eigenvalue weighted by Gasteiger charge is -2.16. The van der Waals surface area contributed by atoms with E-state index in [1.165, 1.54) is 0 Å². The Bertz CT molecular complexity index is 2060. The van der Waals surface area contributed by atoms with Crippen LogP contribution in [0.1, 0.15) is 45.8 Å². The Morgan fingerprint density at radius 2 is 1.71 bits per heavy atom. The highest BCUT2D eigenvalue weighted by atomic mass is 79.9. The van der Waals surface area contributed by atoms with Crippen LogP contribution in [-0.2, 0) is 48.0 Å². The van der Waals surface area contributed by atoms with Crippen LogP contribution in [-0.4, -0.2) is 46.6 Å². The zero-order chi connectivity index (χ0) is 33.6. The van der Waals surface area contributed by atoms with Crippen LogP contribution in [0.25, 0.3) is 32.8 Å². The third-order valence-electron chi connectivity index (χ3n) is 9.19. The zero-order valence-electron chi connectivity index (χ0n) is 27.8. The molecule has 4 aromatic carbocycles. The Balaban J connectivity index is 1.26. The molecule has 0 saturated carbocycles. The molecule has 3 heterocycles. The molecule has 0 fully saturated rings. The number of ether oxygens (including phenoxy) is 3. The van der Waals surface area contributed by atoms with Crippen molar-refractivity contribution in [3.8, 4) is 16.9 Å². The van der Waals surface area contributed by atoms with Gasteiger partial charge in [-0.25, -0.2) is 4.79 Å². The highest BCUT2D eigenvalue weighted by Gasteiger charge is 2.28. The van der Waals surface area contributed by atoms with Crippen molar-refractivity contribution in [2.45, 2.75) is 44.4 Å². The van der Waals surface area contributed by atoms with E-state index in [0.717, 1.165) is 80.5 Å². The molecule has 6 aromatic rings. The van der Waals surface area contributed by atoms with Gasteiger partial charge in [-0.3, -0.25) is 4.68 Å². The predicted octanol–water partition coefficient (Wildman–Crippen LogP) is 7.97. The number of esters is 1. The number of hydrogen-bond donors (Lipinski definition) is 1. The summed E-state index contributed by atoms with van der Waals surface area (Å²) in [5.74, 6) is 0.590. The number of rotatable bonds is 11. The number of carbonyl (C=O) groups is 1. The minimum absolute atomic E-state index is 0.283. The summed E-state index contributed by atoms with van der Waals surface area (Å²) in [5.41, 5.74) is 7.77. The molecule has 0 spiro atoms. The summed E-state index contributed by atoms with van der Waals surface area (Å²) >= 11 is 3.74. The molecule has 0 aliphatic carbocycles. The summed E-state index contributed by atoms with van der Waals surface area (Å²) in [5, 5.41) is 12.3. The van der Waals surface area contributed by atoms with Gasteiger partial charge < -0.3 is 24.1 Å². The molecule has 0 radical (unpaired) electrons. The molecule has 0 unspecified atom stereocenters. The molecule has 0 amide bonds. The fourth-order valence-corrected chi connectivity index (χ4v) is 7.58. The van der Waals surface area contributed by atoms with E-state index in [1.54, 1.807) is 0 Å². The van der Waals surface area contributed by atoms with Crippen LogP contribution >= 0.6 is 15.9 Å². The lowest BCUT2D eigenvalue weighted by Crippen LogP contribution is -2.27. The molecule has 7 rings (SSSR count). The molecule has 2 aromatic heterocycles. The average Bonchev–Trinajstić information content (AvgIpc) is 3.63. The maximum atomic E-state index is 13.9. The molecular weight excluding hydrogens is 680 g/mol. The third kappa shape index (κ3) is 7.02. The number of alkyl halides is 1. The number of fused-ring (bicyclic) bond motifs is 4. The first-order valence-corrected chi connectivity index (χ1v) is 18.1. The molecule has 0 atom stereocenters. The van der Waals surface area contributed by atoms with E-state index >= 15 is 0 Å². The standard InChI is InChI=1S/C40H41BrN4O4/c1-44-35(25-41)37(34(43-44)27-47-26-28-11-3-2-4-12-28)33-17-8-16-31-32(39-40(46)49-24-21-42-20-10-22-45(39)38(31)33)18-9-23-48-36-19-7-14-29-13-5-6-15-30(29)36/h2-8,11-17,19,42H,9-10,18,20-27H2,1H3. The number of aryl methyl sites for hydroxylation is 3. The van der Waals surface area contributed by atoms with Crippen molar-refractivity contribution in [2.75, 3.05) is 26.3 Å². The summed E-state index contributed by atoms with van der Waals surface area (Å²) in [7, 11) is 1.97. The Hall–Kier alpha value is -4.44. The normalized spacial score (nSPS) is 13.8. The second kappa shape index (κ2) is 15.4. The number of benzene rings is 4. The maximum absolute atomic E-state index is 13.9. The van der Waals surface area contributed by atoms with Gasteiger partial charge in [0.2, 0.25) is 0 Å². The molecule has 8 nitrogen and oxygen atoms in total. The van der Waals surface area contributed by atoms with Crippen LogP contribution in [0.3, 0.4) is 0 Å². The Kier molecular flexibility index (Phi) is 10.4. The topological polar surface area (TPSA) is 79.5 Å². The third-order valence-corrected chi connectivity index (χ3v) is 9.72. The number of carbonyl (C=O) groups excluding carboxylic acids is 1. The Morgan fingerprint density at radius 1 is 0.918 bits per heavy atom. The Labute approximate surface area is 295 Å². The monoisotopic (exact) mass is 720 g/mol. The van der Waals surface area contributed by atoms with E-state index in [4.69, 9.17) is 19.3 Å². The lowest BCUT2D eigenvalue weighted by molar-refractivity contribution is 0.0491. The summed E-state index contributed by atoms with van der Waals surface area (Å²) in [6.07, 6.45) is 2.30.